The normalized spacial score (nSPS) is 21.7. The number of thiol groups is 2. The SMILES string of the molecule is C.C.CC[C@H]1O[C@@H](n2cnc3c(NC(=O)c4ccccc4)ncnc32)[C@@H](F)[C@@H]1O[P+](=O)S.N.O=C(Nc1ncnc2c1ncn2[C@@H]1O[C@H](CO)[C@@H](O[P+](=O)S)[C@@H]1F)c1ccccc1.c1cc[nH+]cc1. The van der Waals surface area contributed by atoms with Crippen LogP contribution in [0.25, 0.3) is 22.3 Å². The lowest BCUT2D eigenvalue weighted by Crippen LogP contribution is -2.31. The van der Waals surface area contributed by atoms with Crippen LogP contribution in [-0.2, 0) is 27.7 Å². The average Bonchev–Trinajstić information content (AvgIpc) is 4.12. The van der Waals surface area contributed by atoms with Crippen molar-refractivity contribution < 1.29 is 56.1 Å². The molecule has 0 bridgehead atoms. The van der Waals surface area contributed by atoms with Crippen molar-refractivity contribution in [1.29, 1.82) is 0 Å². The van der Waals surface area contributed by atoms with Crippen molar-refractivity contribution in [3.05, 3.63) is 128 Å². The monoisotopic (exact) mass is 1030 g/mol. The number of aromatic nitrogens is 9. The standard InChI is InChI=1S/C18H17FN5O4PS.C17H15FN5O5PS.C5H5N.2CH4.H3N/c1-2-11-14(28-29(26)30)12(19)18(27-11)24-9-22-13-15(20-8-21-16(13)24)23-17(25)10-6-4-3-5-7-10;18-11-13(28-29(26)30)10(6-24)27-17(11)23-8-21-12-14(19-7-20-15(12)23)22-16(25)9-4-2-1-3-5-9;1-2-4-6-5-3-1;;;/h3-9,11-12,14,18H,2H2,1H3,(H-,20,21,23,25,26,30);1-5,7-8,10-11,13,17,24H,6H2,(H-,19,20,22,25,26,30);1-5H;2*1H4;1H3/p+3/t11-,12+,14-,18-;10-,11+,13-,17-;;;;/m11..../s1. The molecule has 7 heterocycles. The molecule has 2 fully saturated rings. The van der Waals surface area contributed by atoms with Gasteiger partial charge in [-0.1, -0.05) is 64.2 Å². The lowest BCUT2D eigenvalue weighted by Gasteiger charge is -2.15. The van der Waals surface area contributed by atoms with Gasteiger partial charge in [0.2, 0.25) is 0 Å². The zero-order valence-electron chi connectivity index (χ0n) is 35.0. The predicted molar refractivity (Wildman–Crippen MR) is 259 cm³/mol. The Kier molecular flexibility index (Phi) is 21.2. The van der Waals surface area contributed by atoms with Gasteiger partial charge < -0.3 is 31.4 Å². The fourth-order valence-electron chi connectivity index (χ4n) is 6.91. The van der Waals surface area contributed by atoms with Crippen molar-refractivity contribution in [2.24, 2.45) is 0 Å². The Morgan fingerprint density at radius 1 is 0.696 bits per heavy atom. The number of ether oxygens (including phenoxy) is 2. The van der Waals surface area contributed by atoms with Crippen molar-refractivity contribution in [3.63, 3.8) is 0 Å². The first kappa shape index (κ1) is 55.7. The van der Waals surface area contributed by atoms with Gasteiger partial charge in [0, 0.05) is 23.3 Å². The molecule has 27 heteroatoms. The zero-order chi connectivity index (χ0) is 46.7. The number of aliphatic hydroxyl groups excluding tert-OH is 1. The number of nitrogens with one attached hydrogen (secondary N) is 3. The number of aliphatic hydroxyl groups is 1. The number of hydrogen-bond donors (Lipinski definition) is 6. The first-order valence-corrected chi connectivity index (χ1v) is 24.5. The van der Waals surface area contributed by atoms with Crippen LogP contribution < -0.4 is 21.8 Å². The summed E-state index contributed by atoms with van der Waals surface area (Å²) in [6.45, 7) is 1.27. The van der Waals surface area contributed by atoms with Crippen molar-refractivity contribution in [2.75, 3.05) is 17.2 Å². The van der Waals surface area contributed by atoms with Crippen LogP contribution in [0.3, 0.4) is 0 Å². The topological polar surface area (TPSA) is 286 Å². The van der Waals surface area contributed by atoms with E-state index in [1.807, 2.05) is 37.5 Å². The summed E-state index contributed by atoms with van der Waals surface area (Å²) < 4.78 is 76.9. The largest absolute Gasteiger partial charge is 0.582 e. The van der Waals surface area contributed by atoms with Gasteiger partial charge in [0.25, 0.3) is 11.8 Å². The van der Waals surface area contributed by atoms with E-state index in [-0.39, 0.29) is 60.9 Å². The van der Waals surface area contributed by atoms with Crippen LogP contribution in [0.1, 0.15) is 61.4 Å². The highest BCUT2D eigenvalue weighted by molar-refractivity contribution is 8.39. The molecular weight excluding hydrogens is 981 g/mol. The van der Waals surface area contributed by atoms with Crippen LogP contribution in [0.2, 0.25) is 0 Å². The Labute approximate surface area is 406 Å². The Morgan fingerprint density at radius 3 is 1.46 bits per heavy atom. The smallest absolute Gasteiger partial charge is 0.394 e. The van der Waals surface area contributed by atoms with Gasteiger partial charge in [0.1, 0.15) is 43.3 Å². The Bertz CT molecular complexity index is 2580. The molecule has 7 N–H and O–H groups in total. The van der Waals surface area contributed by atoms with Crippen molar-refractivity contribution in [1.82, 2.24) is 45.2 Å². The summed E-state index contributed by atoms with van der Waals surface area (Å²) in [5.41, 5.74) is 1.88. The van der Waals surface area contributed by atoms with E-state index in [4.69, 9.17) is 18.5 Å². The molecule has 2 aliphatic rings. The molecular formula is C42H51F2N12O9P2S2+3. The fraction of sp³-hybridized carbons (Fsp3) is 0.310. The number of fused-ring (bicyclic) bond motifs is 2. The maximum Gasteiger partial charge on any atom is 0.582 e. The van der Waals surface area contributed by atoms with E-state index in [0.717, 1.165) is 0 Å². The predicted octanol–water partition coefficient (Wildman–Crippen LogP) is 7.91. The summed E-state index contributed by atoms with van der Waals surface area (Å²) in [4.78, 5) is 52.6. The number of imidazole rings is 2. The van der Waals surface area contributed by atoms with Crippen molar-refractivity contribution in [2.45, 2.75) is 77.4 Å². The number of H-pyrrole nitrogens is 1. The molecule has 0 radical (unpaired) electrons. The highest BCUT2D eigenvalue weighted by Crippen LogP contribution is 2.43. The number of pyridine rings is 1. The molecule has 5 aromatic heterocycles. The minimum atomic E-state index is -2.40. The van der Waals surface area contributed by atoms with Crippen LogP contribution >= 0.6 is 39.0 Å². The number of alkyl halides is 2. The molecule has 2 aromatic carbocycles. The molecule has 7 aromatic rings. The summed E-state index contributed by atoms with van der Waals surface area (Å²) in [5.74, 6) is -0.412. The van der Waals surface area contributed by atoms with Gasteiger partial charge in [-0.3, -0.25) is 18.7 Å². The second-order valence-corrected chi connectivity index (χ2v) is 17.4. The Hall–Kier alpha value is -5.85. The highest BCUT2D eigenvalue weighted by Gasteiger charge is 2.52. The molecule has 366 valence electrons. The van der Waals surface area contributed by atoms with E-state index >= 15 is 4.39 Å². The van der Waals surface area contributed by atoms with E-state index in [0.29, 0.717) is 17.5 Å². The molecule has 0 aliphatic carbocycles. The van der Waals surface area contributed by atoms with Gasteiger partial charge in [0.15, 0.2) is 83.4 Å². The number of amides is 2. The van der Waals surface area contributed by atoms with Crippen molar-refractivity contribution in [3.8, 4) is 0 Å². The first-order valence-electron chi connectivity index (χ1n) is 19.8. The van der Waals surface area contributed by atoms with Gasteiger partial charge in [-0.2, -0.15) is 0 Å². The molecule has 69 heavy (non-hydrogen) atoms. The number of rotatable bonds is 12. The Morgan fingerprint density at radius 2 is 1.10 bits per heavy atom. The van der Waals surface area contributed by atoms with Gasteiger partial charge >= 0.3 is 14.5 Å². The third-order valence-electron chi connectivity index (χ3n) is 9.95. The molecule has 9 rings (SSSR count). The molecule has 21 nitrogen and oxygen atoms in total. The number of anilines is 2. The third kappa shape index (κ3) is 13.3. The molecule has 0 spiro atoms. The summed E-state index contributed by atoms with van der Waals surface area (Å²) >= 11 is 7.35. The number of aromatic amines is 1. The molecule has 2 amide bonds. The van der Waals surface area contributed by atoms with Crippen molar-refractivity contribution >= 4 is 84.7 Å². The van der Waals surface area contributed by atoms with Gasteiger partial charge in [0.05, 0.1) is 25.4 Å². The average molecular weight is 1030 g/mol. The second kappa shape index (κ2) is 26.2. The zero-order valence-corrected chi connectivity index (χ0v) is 38.6. The number of benzene rings is 2. The minimum absolute atomic E-state index is 0. The van der Waals surface area contributed by atoms with Gasteiger partial charge in [-0.05, 0) is 39.8 Å². The fourth-order valence-corrected chi connectivity index (χ4v) is 8.48. The number of halogens is 2. The molecule has 10 atom stereocenters. The number of nitrogens with zero attached hydrogens (tertiary/aromatic N) is 8. The number of carbonyl (C=O) groups is 2. The minimum Gasteiger partial charge on any atom is -0.394 e. The summed E-state index contributed by atoms with van der Waals surface area (Å²) in [6.07, 6.45) is -0.372. The van der Waals surface area contributed by atoms with Crippen LogP contribution in [0.4, 0.5) is 20.4 Å². The molecule has 2 aliphatic heterocycles. The maximum absolute atomic E-state index is 15.1. The Balaban J connectivity index is 0.000000257. The summed E-state index contributed by atoms with van der Waals surface area (Å²) in [6, 6.07) is 23.0. The molecule has 2 saturated heterocycles. The number of carbonyl (C=O) groups excluding carboxylic acids is 2. The maximum atomic E-state index is 15.1. The van der Waals surface area contributed by atoms with Crippen LogP contribution in [0.15, 0.2) is 117 Å². The van der Waals surface area contributed by atoms with E-state index in [1.54, 1.807) is 60.7 Å². The van der Waals surface area contributed by atoms with Crippen LogP contribution in [0, 0.1) is 0 Å². The van der Waals surface area contributed by atoms with Crippen LogP contribution in [0.5, 0.6) is 0 Å². The summed E-state index contributed by atoms with van der Waals surface area (Å²) in [5, 5.41) is 14.8. The van der Waals surface area contributed by atoms with Gasteiger partial charge in [-0.15, -0.1) is 9.05 Å². The molecule has 2 unspecified atom stereocenters. The molecule has 0 saturated carbocycles. The van der Waals surface area contributed by atoms with E-state index in [1.165, 1.54) is 34.4 Å². The van der Waals surface area contributed by atoms with Gasteiger partial charge in [-0.25, -0.2) is 43.7 Å². The summed E-state index contributed by atoms with van der Waals surface area (Å²) in [7, 11) is -4.70. The van der Waals surface area contributed by atoms with E-state index in [2.05, 4.69) is 70.0 Å². The second-order valence-electron chi connectivity index (χ2n) is 14.0. The highest BCUT2D eigenvalue weighted by atomic mass is 32.7. The van der Waals surface area contributed by atoms with E-state index in [9.17, 15) is 28.2 Å². The lowest BCUT2D eigenvalue weighted by atomic mass is 10.1. The van der Waals surface area contributed by atoms with Crippen LogP contribution in [-0.4, -0.2) is 99.3 Å². The quantitative estimate of drug-likeness (QED) is 0.0501. The lowest BCUT2D eigenvalue weighted by molar-refractivity contribution is -0.377. The van der Waals surface area contributed by atoms with E-state index < -0.39 is 76.2 Å². The first-order chi connectivity index (χ1) is 32.0. The third-order valence-corrected chi connectivity index (χ3v) is 11.4. The number of hydrogen-bond acceptors (Lipinski definition) is 16.